The van der Waals surface area contributed by atoms with E-state index in [1.165, 1.54) is 0 Å². The van der Waals surface area contributed by atoms with Crippen LogP contribution in [0, 0.1) is 6.92 Å². The molecule has 2 rings (SSSR count). The smallest absolute Gasteiger partial charge is 0.161 e. The molecule has 0 radical (unpaired) electrons. The number of aromatic nitrogens is 3. The third-order valence-corrected chi connectivity index (χ3v) is 2.99. The van der Waals surface area contributed by atoms with Crippen molar-refractivity contribution in [3.63, 3.8) is 0 Å². The number of nitrogens with zero attached hydrogens (tertiary/aromatic N) is 3. The van der Waals surface area contributed by atoms with Crippen molar-refractivity contribution >= 4 is 11.0 Å². The van der Waals surface area contributed by atoms with Crippen molar-refractivity contribution in [2.45, 2.75) is 33.1 Å². The van der Waals surface area contributed by atoms with E-state index in [1.807, 2.05) is 20.2 Å². The molecule has 0 spiro atoms. The van der Waals surface area contributed by atoms with Gasteiger partial charge < -0.3 is 4.74 Å². The summed E-state index contributed by atoms with van der Waals surface area (Å²) >= 11 is 0. The maximum Gasteiger partial charge on any atom is 0.161 e. The van der Waals surface area contributed by atoms with E-state index in [2.05, 4.69) is 30.9 Å². The number of ether oxygens (including phenoxy) is 1. The van der Waals surface area contributed by atoms with Gasteiger partial charge in [-0.1, -0.05) is 20.8 Å². The molecule has 4 nitrogen and oxygen atoms in total. The summed E-state index contributed by atoms with van der Waals surface area (Å²) < 4.78 is 7.38. The van der Waals surface area contributed by atoms with Gasteiger partial charge in [-0.05, 0) is 12.3 Å². The summed E-state index contributed by atoms with van der Waals surface area (Å²) in [6.07, 6.45) is 1.89. The van der Waals surface area contributed by atoms with Crippen LogP contribution in [0.2, 0.25) is 0 Å². The standard InChI is InChI=1S/C13H19N3O/c1-8-10-11(17-6)9(13(2,3)4)7-14-12(10)16(5)15-8/h7H,1-6H3. The Morgan fingerprint density at radius 1 is 1.29 bits per heavy atom. The minimum absolute atomic E-state index is 0.00874. The molecular formula is C13H19N3O. The van der Waals surface area contributed by atoms with Crippen LogP contribution in [0.15, 0.2) is 6.20 Å². The highest BCUT2D eigenvalue weighted by Crippen LogP contribution is 2.37. The Kier molecular flexibility index (Phi) is 2.60. The van der Waals surface area contributed by atoms with Crippen molar-refractivity contribution in [2.24, 2.45) is 7.05 Å². The van der Waals surface area contributed by atoms with Gasteiger partial charge in [-0.3, -0.25) is 4.68 Å². The summed E-state index contributed by atoms with van der Waals surface area (Å²) in [5.41, 5.74) is 2.95. The number of hydrogen-bond acceptors (Lipinski definition) is 3. The molecule has 2 aromatic heterocycles. The molecule has 0 atom stereocenters. The van der Waals surface area contributed by atoms with Gasteiger partial charge in [0.1, 0.15) is 5.75 Å². The Morgan fingerprint density at radius 2 is 1.94 bits per heavy atom. The summed E-state index contributed by atoms with van der Waals surface area (Å²) in [7, 11) is 3.61. The van der Waals surface area contributed by atoms with Crippen LogP contribution < -0.4 is 4.74 Å². The molecule has 92 valence electrons. The Morgan fingerprint density at radius 3 is 2.47 bits per heavy atom. The molecule has 0 aromatic carbocycles. The third kappa shape index (κ3) is 1.77. The third-order valence-electron chi connectivity index (χ3n) is 2.99. The van der Waals surface area contributed by atoms with Gasteiger partial charge >= 0.3 is 0 Å². The van der Waals surface area contributed by atoms with E-state index in [4.69, 9.17) is 4.74 Å². The maximum atomic E-state index is 5.59. The molecule has 0 amide bonds. The van der Waals surface area contributed by atoms with Crippen LogP contribution in [0.3, 0.4) is 0 Å². The maximum absolute atomic E-state index is 5.59. The zero-order valence-electron chi connectivity index (χ0n) is 11.3. The SMILES string of the molecule is COc1c(C(C)(C)C)cnc2c1c(C)nn2C. The van der Waals surface area contributed by atoms with Crippen LogP contribution in [0.4, 0.5) is 0 Å². The first-order valence-electron chi connectivity index (χ1n) is 5.73. The lowest BCUT2D eigenvalue weighted by atomic mass is 9.87. The molecule has 4 heteroatoms. The van der Waals surface area contributed by atoms with Crippen LogP contribution in [-0.4, -0.2) is 21.9 Å². The zero-order valence-corrected chi connectivity index (χ0v) is 11.3. The molecule has 17 heavy (non-hydrogen) atoms. The van der Waals surface area contributed by atoms with Crippen LogP contribution in [-0.2, 0) is 12.5 Å². The number of aryl methyl sites for hydroxylation is 2. The van der Waals surface area contributed by atoms with E-state index >= 15 is 0 Å². The molecule has 0 unspecified atom stereocenters. The first kappa shape index (κ1) is 11.9. The Balaban J connectivity index is 2.87. The van der Waals surface area contributed by atoms with Crippen molar-refractivity contribution in [1.82, 2.24) is 14.8 Å². The van der Waals surface area contributed by atoms with Gasteiger partial charge in [-0.2, -0.15) is 5.10 Å². The predicted octanol–water partition coefficient (Wildman–Crippen LogP) is 2.58. The molecule has 0 saturated carbocycles. The second-order valence-corrected chi connectivity index (χ2v) is 5.36. The lowest BCUT2D eigenvalue weighted by Gasteiger charge is -2.21. The molecule has 0 aliphatic rings. The van der Waals surface area contributed by atoms with Gasteiger partial charge in [0, 0.05) is 18.8 Å². The highest BCUT2D eigenvalue weighted by molar-refractivity contribution is 5.86. The lowest BCUT2D eigenvalue weighted by molar-refractivity contribution is 0.402. The number of fused-ring (bicyclic) bond motifs is 1. The molecule has 0 saturated heterocycles. The number of methoxy groups -OCH3 is 1. The van der Waals surface area contributed by atoms with Gasteiger partial charge in [0.15, 0.2) is 5.65 Å². The topological polar surface area (TPSA) is 39.9 Å². The minimum Gasteiger partial charge on any atom is -0.496 e. The molecule has 0 aliphatic heterocycles. The summed E-state index contributed by atoms with van der Waals surface area (Å²) in [5.74, 6) is 0.896. The normalized spacial score (nSPS) is 12.1. The Bertz CT molecular complexity index is 564. The average Bonchev–Trinajstić information content (AvgIpc) is 2.52. The second-order valence-electron chi connectivity index (χ2n) is 5.36. The monoisotopic (exact) mass is 233 g/mol. The first-order chi connectivity index (χ1) is 7.86. The van der Waals surface area contributed by atoms with E-state index in [-0.39, 0.29) is 5.41 Å². The van der Waals surface area contributed by atoms with E-state index in [1.54, 1.807) is 11.8 Å². The zero-order chi connectivity index (χ0) is 12.8. The molecule has 2 aromatic rings. The van der Waals surface area contributed by atoms with Crippen molar-refractivity contribution in [3.05, 3.63) is 17.5 Å². The highest BCUT2D eigenvalue weighted by atomic mass is 16.5. The van der Waals surface area contributed by atoms with Crippen molar-refractivity contribution in [3.8, 4) is 5.75 Å². The van der Waals surface area contributed by atoms with Crippen LogP contribution >= 0.6 is 0 Å². The molecule has 2 heterocycles. The minimum atomic E-state index is 0.00874. The van der Waals surface area contributed by atoms with E-state index in [0.717, 1.165) is 28.0 Å². The summed E-state index contributed by atoms with van der Waals surface area (Å²) in [6.45, 7) is 8.46. The fourth-order valence-corrected chi connectivity index (χ4v) is 2.13. The van der Waals surface area contributed by atoms with Gasteiger partial charge in [0.2, 0.25) is 0 Å². The first-order valence-corrected chi connectivity index (χ1v) is 5.73. The predicted molar refractivity (Wildman–Crippen MR) is 68.5 cm³/mol. The molecule has 0 aliphatic carbocycles. The van der Waals surface area contributed by atoms with Gasteiger partial charge in [0.05, 0.1) is 18.2 Å². The van der Waals surface area contributed by atoms with Crippen molar-refractivity contribution in [1.29, 1.82) is 0 Å². The van der Waals surface area contributed by atoms with Gasteiger partial charge in [-0.15, -0.1) is 0 Å². The highest BCUT2D eigenvalue weighted by Gasteiger charge is 2.23. The van der Waals surface area contributed by atoms with E-state index in [9.17, 15) is 0 Å². The largest absolute Gasteiger partial charge is 0.496 e. The fourth-order valence-electron chi connectivity index (χ4n) is 2.13. The van der Waals surface area contributed by atoms with E-state index in [0.29, 0.717) is 0 Å². The number of rotatable bonds is 1. The van der Waals surface area contributed by atoms with Crippen LogP contribution in [0.1, 0.15) is 32.0 Å². The second kappa shape index (κ2) is 3.72. The quantitative estimate of drug-likeness (QED) is 0.760. The average molecular weight is 233 g/mol. The summed E-state index contributed by atoms with van der Waals surface area (Å²) in [6, 6.07) is 0. The van der Waals surface area contributed by atoms with Crippen molar-refractivity contribution in [2.75, 3.05) is 7.11 Å². The Hall–Kier alpha value is -1.58. The van der Waals surface area contributed by atoms with E-state index < -0.39 is 0 Å². The summed E-state index contributed by atoms with van der Waals surface area (Å²) in [5, 5.41) is 5.41. The molecular weight excluding hydrogens is 214 g/mol. The summed E-state index contributed by atoms with van der Waals surface area (Å²) in [4.78, 5) is 4.50. The molecule has 0 fully saturated rings. The van der Waals surface area contributed by atoms with Crippen LogP contribution in [0.5, 0.6) is 5.75 Å². The van der Waals surface area contributed by atoms with Gasteiger partial charge in [0.25, 0.3) is 0 Å². The lowest BCUT2D eigenvalue weighted by Crippen LogP contribution is -2.13. The number of hydrogen-bond donors (Lipinski definition) is 0. The molecule has 0 bridgehead atoms. The molecule has 0 N–H and O–H groups in total. The Labute approximate surface area is 102 Å². The number of pyridine rings is 1. The van der Waals surface area contributed by atoms with Crippen molar-refractivity contribution < 1.29 is 4.74 Å². The van der Waals surface area contributed by atoms with Gasteiger partial charge in [-0.25, -0.2) is 4.98 Å². The van der Waals surface area contributed by atoms with Crippen LogP contribution in [0.25, 0.3) is 11.0 Å². The fraction of sp³-hybridized carbons (Fsp3) is 0.538.